The summed E-state index contributed by atoms with van der Waals surface area (Å²) in [5.74, 6) is -0.0740. The van der Waals surface area contributed by atoms with Crippen molar-refractivity contribution in [3.8, 4) is 0 Å². The molecule has 0 unspecified atom stereocenters. The van der Waals surface area contributed by atoms with Gasteiger partial charge in [0.15, 0.2) is 0 Å². The average Bonchev–Trinajstić information content (AvgIpc) is 3.13. The molecule has 1 aliphatic heterocycles. The molecular formula is C28H31N5O2. The van der Waals surface area contributed by atoms with E-state index in [9.17, 15) is 9.59 Å². The third-order valence-electron chi connectivity index (χ3n) is 6.22. The van der Waals surface area contributed by atoms with E-state index in [1.54, 1.807) is 17.0 Å². The van der Waals surface area contributed by atoms with Crippen LogP contribution >= 0.6 is 0 Å². The number of para-hydroxylation sites is 1. The minimum atomic E-state index is -0.738. The third-order valence-corrected chi connectivity index (χ3v) is 6.22. The Kier molecular flexibility index (Phi) is 7.90. The maximum atomic E-state index is 13.8. The number of benzene rings is 3. The van der Waals surface area contributed by atoms with Crippen LogP contribution in [0.4, 0.5) is 10.5 Å². The lowest BCUT2D eigenvalue weighted by atomic mass is 10.0. The quantitative estimate of drug-likeness (QED) is 0.419. The number of nitrogens with zero attached hydrogens (tertiary/aromatic N) is 2. The van der Waals surface area contributed by atoms with Gasteiger partial charge < -0.3 is 16.0 Å². The van der Waals surface area contributed by atoms with Crippen LogP contribution in [-0.4, -0.2) is 41.3 Å². The number of nitrogens with one attached hydrogen (secondary N) is 2. The number of carbonyl (C=O) groups is 2. The lowest BCUT2D eigenvalue weighted by Crippen LogP contribution is -2.52. The Balaban J connectivity index is 1.65. The first-order valence-electron chi connectivity index (χ1n) is 11.9. The van der Waals surface area contributed by atoms with Crippen LogP contribution in [0, 0.1) is 5.41 Å². The molecule has 3 amide bonds. The molecule has 4 rings (SSSR count). The van der Waals surface area contributed by atoms with Gasteiger partial charge in [0, 0.05) is 13.0 Å². The van der Waals surface area contributed by atoms with E-state index in [2.05, 4.69) is 5.32 Å². The van der Waals surface area contributed by atoms with Crippen LogP contribution in [0.1, 0.15) is 24.0 Å². The highest BCUT2D eigenvalue weighted by Crippen LogP contribution is 2.30. The van der Waals surface area contributed by atoms with Gasteiger partial charge in [-0.05, 0) is 42.6 Å². The molecule has 3 aromatic carbocycles. The number of nitrogens with two attached hydrogens (primary N) is 1. The first-order valence-corrected chi connectivity index (χ1v) is 11.9. The van der Waals surface area contributed by atoms with Crippen LogP contribution in [0.15, 0.2) is 91.0 Å². The molecule has 0 spiro atoms. The summed E-state index contributed by atoms with van der Waals surface area (Å²) in [5, 5.41) is 12.0. The van der Waals surface area contributed by atoms with Crippen molar-refractivity contribution < 1.29 is 9.59 Å². The Morgan fingerprint density at radius 1 is 0.914 bits per heavy atom. The fourth-order valence-electron chi connectivity index (χ4n) is 4.45. The fourth-order valence-corrected chi connectivity index (χ4v) is 4.45. The number of hydrogen-bond donors (Lipinski definition) is 3. The molecule has 35 heavy (non-hydrogen) atoms. The lowest BCUT2D eigenvalue weighted by Gasteiger charge is -2.31. The average molecular weight is 470 g/mol. The van der Waals surface area contributed by atoms with Crippen molar-refractivity contribution in [2.45, 2.75) is 37.9 Å². The van der Waals surface area contributed by atoms with Crippen molar-refractivity contribution in [2.24, 2.45) is 5.73 Å². The molecule has 180 valence electrons. The second-order valence-corrected chi connectivity index (χ2v) is 8.60. The number of rotatable bonds is 10. The second kappa shape index (κ2) is 11.4. The van der Waals surface area contributed by atoms with Crippen molar-refractivity contribution in [3.63, 3.8) is 0 Å². The first-order chi connectivity index (χ1) is 17.1. The predicted molar refractivity (Wildman–Crippen MR) is 138 cm³/mol. The maximum Gasteiger partial charge on any atom is 0.331 e. The van der Waals surface area contributed by atoms with Gasteiger partial charge in [0.2, 0.25) is 5.91 Å². The lowest BCUT2D eigenvalue weighted by molar-refractivity contribution is -0.126. The molecule has 1 saturated heterocycles. The van der Waals surface area contributed by atoms with Gasteiger partial charge in [0.05, 0.1) is 11.7 Å². The topological polar surface area (TPSA) is 103 Å². The molecule has 7 heteroatoms. The number of urea groups is 1. The Morgan fingerprint density at radius 3 is 2.09 bits per heavy atom. The highest BCUT2D eigenvalue weighted by molar-refractivity contribution is 6.23. The number of carbonyl (C=O) groups excluding carboxylic acids is 2. The van der Waals surface area contributed by atoms with E-state index in [0.29, 0.717) is 38.0 Å². The van der Waals surface area contributed by atoms with Crippen LogP contribution in [0.2, 0.25) is 0 Å². The highest BCUT2D eigenvalue weighted by atomic mass is 16.2. The minimum Gasteiger partial charge on any atom is -0.350 e. The summed E-state index contributed by atoms with van der Waals surface area (Å²) in [4.78, 5) is 30.3. The molecule has 0 saturated carbocycles. The molecule has 4 N–H and O–H groups in total. The largest absolute Gasteiger partial charge is 0.350 e. The first kappa shape index (κ1) is 24.2. The van der Waals surface area contributed by atoms with Crippen molar-refractivity contribution in [3.05, 3.63) is 102 Å². The molecule has 1 heterocycles. The van der Waals surface area contributed by atoms with Crippen molar-refractivity contribution >= 4 is 23.5 Å². The Labute approximate surface area is 206 Å². The Hall–Kier alpha value is -3.97. The van der Waals surface area contributed by atoms with E-state index in [1.807, 2.05) is 78.9 Å². The van der Waals surface area contributed by atoms with Gasteiger partial charge in [0.25, 0.3) is 0 Å². The van der Waals surface area contributed by atoms with Gasteiger partial charge in [-0.2, -0.15) is 0 Å². The normalized spacial score (nSPS) is 16.4. The van der Waals surface area contributed by atoms with Gasteiger partial charge in [-0.15, -0.1) is 0 Å². The molecule has 3 aromatic rings. The zero-order valence-electron chi connectivity index (χ0n) is 19.6. The third kappa shape index (κ3) is 5.58. The maximum absolute atomic E-state index is 13.8. The van der Waals surface area contributed by atoms with Gasteiger partial charge >= 0.3 is 6.03 Å². The van der Waals surface area contributed by atoms with Crippen LogP contribution < -0.4 is 16.0 Å². The summed E-state index contributed by atoms with van der Waals surface area (Å²) >= 11 is 0. The molecular weight excluding hydrogens is 438 g/mol. The Bertz CT molecular complexity index is 1140. The van der Waals surface area contributed by atoms with E-state index in [-0.39, 0.29) is 17.8 Å². The summed E-state index contributed by atoms with van der Waals surface area (Å²) in [6.45, 7) is 0.776. The molecule has 2 atom stereocenters. The summed E-state index contributed by atoms with van der Waals surface area (Å²) < 4.78 is 0. The van der Waals surface area contributed by atoms with E-state index in [4.69, 9.17) is 11.1 Å². The number of anilines is 1. The number of amidine groups is 1. The van der Waals surface area contributed by atoms with Gasteiger partial charge in [-0.1, -0.05) is 78.9 Å². The molecule has 0 radical (unpaired) electrons. The molecule has 0 bridgehead atoms. The molecule has 0 aliphatic carbocycles. The number of amides is 3. The van der Waals surface area contributed by atoms with E-state index >= 15 is 0 Å². The van der Waals surface area contributed by atoms with Crippen LogP contribution in [0.25, 0.3) is 0 Å². The van der Waals surface area contributed by atoms with Crippen LogP contribution in [-0.2, 0) is 17.8 Å². The minimum absolute atomic E-state index is 0.165. The monoisotopic (exact) mass is 469 g/mol. The fraction of sp³-hybridized carbons (Fsp3) is 0.250. The predicted octanol–water partition coefficient (Wildman–Crippen LogP) is 3.94. The Morgan fingerprint density at radius 2 is 1.49 bits per heavy atom. The molecule has 1 aliphatic rings. The van der Waals surface area contributed by atoms with Gasteiger partial charge in [-0.3, -0.25) is 10.2 Å². The summed E-state index contributed by atoms with van der Waals surface area (Å²) in [6.07, 6.45) is 1.45. The SMILES string of the molecule is N=C1[C@H](Cc2ccccc2)N([C@@H](CCCN)C(=O)NCc2ccccc2)C(=O)N1c1ccccc1. The summed E-state index contributed by atoms with van der Waals surface area (Å²) in [7, 11) is 0. The summed E-state index contributed by atoms with van der Waals surface area (Å²) in [6, 6.07) is 26.9. The molecule has 0 aromatic heterocycles. The van der Waals surface area contributed by atoms with Crippen molar-refractivity contribution in [1.29, 1.82) is 5.41 Å². The highest BCUT2D eigenvalue weighted by Gasteiger charge is 2.47. The van der Waals surface area contributed by atoms with E-state index in [1.165, 1.54) is 4.90 Å². The number of hydrogen-bond acceptors (Lipinski definition) is 4. The van der Waals surface area contributed by atoms with Gasteiger partial charge in [-0.25, -0.2) is 9.69 Å². The van der Waals surface area contributed by atoms with Crippen molar-refractivity contribution in [1.82, 2.24) is 10.2 Å². The van der Waals surface area contributed by atoms with Gasteiger partial charge in [0.1, 0.15) is 11.9 Å². The van der Waals surface area contributed by atoms with Crippen LogP contribution in [0.3, 0.4) is 0 Å². The second-order valence-electron chi connectivity index (χ2n) is 8.60. The van der Waals surface area contributed by atoms with E-state index in [0.717, 1.165) is 11.1 Å². The molecule has 1 fully saturated rings. The van der Waals surface area contributed by atoms with Crippen molar-refractivity contribution in [2.75, 3.05) is 11.4 Å². The van der Waals surface area contributed by atoms with E-state index < -0.39 is 12.1 Å². The molecule has 7 nitrogen and oxygen atoms in total. The summed E-state index contributed by atoms with van der Waals surface area (Å²) in [5.41, 5.74) is 8.38. The zero-order valence-corrected chi connectivity index (χ0v) is 19.6. The smallest absolute Gasteiger partial charge is 0.331 e. The van der Waals surface area contributed by atoms with Crippen LogP contribution in [0.5, 0.6) is 0 Å². The standard InChI is InChI=1S/C28H31N5O2/c29-18-10-17-24(27(34)31-20-22-13-6-2-7-14-22)33-25(19-21-11-4-1-5-12-21)26(30)32(28(33)35)23-15-8-3-9-16-23/h1-9,11-16,24-25,30H,10,17-20,29H2,(H,31,34)/t24-,25-/m0/s1. The zero-order chi connectivity index (χ0) is 24.6.